The number of anilines is 1. The first-order valence-electron chi connectivity index (χ1n) is 8.72. The summed E-state index contributed by atoms with van der Waals surface area (Å²) in [6, 6.07) is 12.6. The summed E-state index contributed by atoms with van der Waals surface area (Å²) in [5.74, 6) is -0.219. The number of halogens is 1. The maximum absolute atomic E-state index is 13.2. The Kier molecular flexibility index (Phi) is 4.22. The van der Waals surface area contributed by atoms with E-state index in [9.17, 15) is 4.39 Å². The van der Waals surface area contributed by atoms with E-state index in [1.807, 2.05) is 23.3 Å². The standard InChI is InChI=1S/C20H21FN4/c1-2-20-18-14-25(17-8-6-15(21)7-9-17)23-19(18)10-12-24(20)13-16-5-3-4-11-22-16/h3-9,11H,2,10,12-14H2,1H3. The average molecular weight is 336 g/mol. The van der Waals surface area contributed by atoms with Crippen LogP contribution < -0.4 is 5.01 Å². The normalized spacial score (nSPS) is 17.0. The molecule has 0 fully saturated rings. The molecule has 2 aliphatic heterocycles. The highest BCUT2D eigenvalue weighted by Crippen LogP contribution is 2.31. The van der Waals surface area contributed by atoms with Crippen LogP contribution in [0.5, 0.6) is 0 Å². The van der Waals surface area contributed by atoms with E-state index in [-0.39, 0.29) is 5.82 Å². The molecule has 0 spiro atoms. The molecule has 0 unspecified atom stereocenters. The molecule has 0 saturated carbocycles. The molecule has 1 aromatic heterocycles. The molecule has 0 N–H and O–H groups in total. The lowest BCUT2D eigenvalue weighted by Gasteiger charge is -2.32. The first-order valence-corrected chi connectivity index (χ1v) is 8.72. The summed E-state index contributed by atoms with van der Waals surface area (Å²) >= 11 is 0. The van der Waals surface area contributed by atoms with Crippen molar-refractivity contribution in [2.75, 3.05) is 18.1 Å². The summed E-state index contributed by atoms with van der Waals surface area (Å²) in [7, 11) is 0. The predicted molar refractivity (Wildman–Crippen MR) is 97.8 cm³/mol. The number of aromatic nitrogens is 1. The number of fused-ring (bicyclic) bond motifs is 1. The van der Waals surface area contributed by atoms with E-state index in [1.165, 1.54) is 29.1 Å². The molecule has 0 bridgehead atoms. The minimum Gasteiger partial charge on any atom is -0.368 e. The highest BCUT2D eigenvalue weighted by Gasteiger charge is 2.30. The van der Waals surface area contributed by atoms with Crippen LogP contribution in [0, 0.1) is 5.82 Å². The van der Waals surface area contributed by atoms with Crippen molar-refractivity contribution in [1.82, 2.24) is 9.88 Å². The molecule has 0 saturated heterocycles. The van der Waals surface area contributed by atoms with Crippen LogP contribution in [0.2, 0.25) is 0 Å². The number of hydrogen-bond donors (Lipinski definition) is 0. The fraction of sp³-hybridized carbons (Fsp3) is 0.300. The van der Waals surface area contributed by atoms with Gasteiger partial charge in [0.1, 0.15) is 5.82 Å². The highest BCUT2D eigenvalue weighted by molar-refractivity contribution is 6.05. The Morgan fingerprint density at radius 3 is 2.68 bits per heavy atom. The SMILES string of the molecule is CCC1=C2CN(c3ccc(F)cc3)N=C2CCN1Cc1ccccn1. The van der Waals surface area contributed by atoms with Gasteiger partial charge in [0.05, 0.1) is 30.2 Å². The molecule has 0 radical (unpaired) electrons. The molecule has 128 valence electrons. The lowest BCUT2D eigenvalue weighted by molar-refractivity contribution is 0.324. The molecule has 0 atom stereocenters. The number of allylic oxidation sites excluding steroid dienone is 1. The fourth-order valence-corrected chi connectivity index (χ4v) is 3.57. The van der Waals surface area contributed by atoms with Gasteiger partial charge in [0.2, 0.25) is 0 Å². The quantitative estimate of drug-likeness (QED) is 0.847. The van der Waals surface area contributed by atoms with Gasteiger partial charge in [0.25, 0.3) is 0 Å². The van der Waals surface area contributed by atoms with Crippen molar-refractivity contribution < 1.29 is 4.39 Å². The number of hydrazone groups is 1. The molecule has 1 aromatic carbocycles. The van der Waals surface area contributed by atoms with E-state index >= 15 is 0 Å². The van der Waals surface area contributed by atoms with E-state index in [0.29, 0.717) is 0 Å². The van der Waals surface area contributed by atoms with Crippen molar-refractivity contribution in [3.8, 4) is 0 Å². The van der Waals surface area contributed by atoms with Crippen LogP contribution in [0.1, 0.15) is 25.5 Å². The zero-order valence-electron chi connectivity index (χ0n) is 14.3. The van der Waals surface area contributed by atoms with Gasteiger partial charge in [-0.25, -0.2) is 4.39 Å². The minimum absolute atomic E-state index is 0.219. The average Bonchev–Trinajstić information content (AvgIpc) is 3.07. The Labute approximate surface area is 147 Å². The van der Waals surface area contributed by atoms with Gasteiger partial charge in [-0.15, -0.1) is 0 Å². The first-order chi connectivity index (χ1) is 12.2. The number of pyridine rings is 1. The van der Waals surface area contributed by atoms with Crippen LogP contribution in [0.25, 0.3) is 0 Å². The van der Waals surface area contributed by atoms with Crippen LogP contribution in [-0.2, 0) is 6.54 Å². The Bertz CT molecular complexity index is 811. The molecule has 0 amide bonds. The van der Waals surface area contributed by atoms with Crippen molar-refractivity contribution in [2.45, 2.75) is 26.3 Å². The molecule has 2 aliphatic rings. The van der Waals surface area contributed by atoms with Crippen molar-refractivity contribution in [3.05, 3.63) is 71.4 Å². The van der Waals surface area contributed by atoms with Crippen molar-refractivity contribution in [1.29, 1.82) is 0 Å². The van der Waals surface area contributed by atoms with Crippen LogP contribution >= 0.6 is 0 Å². The molecule has 3 heterocycles. The third kappa shape index (κ3) is 3.14. The Hall–Kier alpha value is -2.69. The second kappa shape index (κ2) is 6.67. The summed E-state index contributed by atoms with van der Waals surface area (Å²) < 4.78 is 13.2. The molecular formula is C20H21FN4. The van der Waals surface area contributed by atoms with Gasteiger partial charge in [-0.1, -0.05) is 13.0 Å². The Morgan fingerprint density at radius 2 is 1.96 bits per heavy atom. The maximum Gasteiger partial charge on any atom is 0.123 e. The van der Waals surface area contributed by atoms with E-state index < -0.39 is 0 Å². The predicted octanol–water partition coefficient (Wildman–Crippen LogP) is 3.97. The molecule has 0 aliphatic carbocycles. The number of hydrogen-bond acceptors (Lipinski definition) is 4. The molecule has 4 nitrogen and oxygen atoms in total. The molecule has 2 aromatic rings. The zero-order chi connectivity index (χ0) is 17.2. The molecule has 5 heteroatoms. The molecular weight excluding hydrogens is 315 g/mol. The first kappa shape index (κ1) is 15.8. The van der Waals surface area contributed by atoms with Crippen molar-refractivity contribution in [2.24, 2.45) is 5.10 Å². The second-order valence-electron chi connectivity index (χ2n) is 6.35. The van der Waals surface area contributed by atoms with Crippen molar-refractivity contribution in [3.63, 3.8) is 0 Å². The smallest absolute Gasteiger partial charge is 0.123 e. The largest absolute Gasteiger partial charge is 0.368 e. The van der Waals surface area contributed by atoms with E-state index in [0.717, 1.165) is 43.9 Å². The summed E-state index contributed by atoms with van der Waals surface area (Å²) in [6.45, 7) is 4.73. The van der Waals surface area contributed by atoms with Gasteiger partial charge < -0.3 is 4.90 Å². The summed E-state index contributed by atoms with van der Waals surface area (Å²) in [5, 5.41) is 6.75. The van der Waals surface area contributed by atoms with E-state index in [1.54, 1.807) is 12.1 Å². The molecule has 4 rings (SSSR count). The van der Waals surface area contributed by atoms with Crippen molar-refractivity contribution >= 4 is 11.4 Å². The number of nitrogens with zero attached hydrogens (tertiary/aromatic N) is 4. The van der Waals surface area contributed by atoms with Gasteiger partial charge in [0.15, 0.2) is 0 Å². The Morgan fingerprint density at radius 1 is 1.12 bits per heavy atom. The number of benzene rings is 1. The van der Waals surface area contributed by atoms with Crippen LogP contribution in [-0.4, -0.2) is 28.7 Å². The Balaban J connectivity index is 1.59. The maximum atomic E-state index is 13.2. The van der Waals surface area contributed by atoms with Crippen LogP contribution in [0.4, 0.5) is 10.1 Å². The monoisotopic (exact) mass is 336 g/mol. The van der Waals surface area contributed by atoms with Gasteiger partial charge in [0, 0.05) is 30.4 Å². The summed E-state index contributed by atoms with van der Waals surface area (Å²) in [6.07, 6.45) is 3.75. The summed E-state index contributed by atoms with van der Waals surface area (Å²) in [4.78, 5) is 6.88. The third-order valence-electron chi connectivity index (χ3n) is 4.78. The topological polar surface area (TPSA) is 31.7 Å². The summed E-state index contributed by atoms with van der Waals surface area (Å²) in [5.41, 5.74) is 5.85. The van der Waals surface area contributed by atoms with Gasteiger partial charge in [-0.3, -0.25) is 9.99 Å². The highest BCUT2D eigenvalue weighted by atomic mass is 19.1. The van der Waals surface area contributed by atoms with Gasteiger partial charge in [-0.2, -0.15) is 5.10 Å². The fourth-order valence-electron chi connectivity index (χ4n) is 3.57. The minimum atomic E-state index is -0.219. The lowest BCUT2D eigenvalue weighted by atomic mass is 9.98. The van der Waals surface area contributed by atoms with Crippen LogP contribution in [0.15, 0.2) is 65.0 Å². The molecule has 25 heavy (non-hydrogen) atoms. The van der Waals surface area contributed by atoms with E-state index in [2.05, 4.69) is 22.9 Å². The van der Waals surface area contributed by atoms with Crippen LogP contribution in [0.3, 0.4) is 0 Å². The van der Waals surface area contributed by atoms with E-state index in [4.69, 9.17) is 5.10 Å². The second-order valence-corrected chi connectivity index (χ2v) is 6.35. The third-order valence-corrected chi connectivity index (χ3v) is 4.78. The zero-order valence-corrected chi connectivity index (χ0v) is 14.3. The van der Waals surface area contributed by atoms with Gasteiger partial charge in [-0.05, 0) is 42.8 Å². The lowest BCUT2D eigenvalue weighted by Crippen LogP contribution is -2.32. The van der Waals surface area contributed by atoms with Gasteiger partial charge >= 0.3 is 0 Å². The number of rotatable bonds is 4.